The molecule has 240 valence electrons. The monoisotopic (exact) mass is 674 g/mol. The van der Waals surface area contributed by atoms with E-state index < -0.39 is 0 Å². The van der Waals surface area contributed by atoms with Gasteiger partial charge in [-0.2, -0.15) is 0 Å². The maximum Gasteiger partial charge on any atom is 0.211 e. The SMILES string of the molecule is CCCCCCC1=C(c2ccc(CCCCCC)cc2)[N+](=[N-])C(c2ccc(CCCCCC)cc2)=C1CCCCCC.[Pd]. The first-order valence-electron chi connectivity index (χ1n) is 17.8. The molecule has 0 unspecified atom stereocenters. The van der Waals surface area contributed by atoms with Gasteiger partial charge in [-0.15, -0.1) is 0 Å². The van der Waals surface area contributed by atoms with Crippen molar-refractivity contribution in [2.24, 2.45) is 0 Å². The van der Waals surface area contributed by atoms with E-state index in [0.717, 1.165) is 48.2 Å². The molecule has 1 heterocycles. The van der Waals surface area contributed by atoms with Gasteiger partial charge in [0.2, 0.25) is 11.4 Å². The van der Waals surface area contributed by atoms with Crippen molar-refractivity contribution in [3.63, 3.8) is 0 Å². The van der Waals surface area contributed by atoms with Gasteiger partial charge in [0.25, 0.3) is 0 Å². The van der Waals surface area contributed by atoms with Crippen LogP contribution in [0.25, 0.3) is 16.9 Å². The molecular formula is C40H60N2Pd. The van der Waals surface area contributed by atoms with E-state index in [2.05, 4.69) is 76.2 Å². The minimum Gasteiger partial charge on any atom is -0.493 e. The van der Waals surface area contributed by atoms with Crippen molar-refractivity contribution in [2.75, 3.05) is 0 Å². The molecule has 0 atom stereocenters. The molecule has 0 radical (unpaired) electrons. The van der Waals surface area contributed by atoms with Crippen LogP contribution in [-0.4, -0.2) is 4.70 Å². The summed E-state index contributed by atoms with van der Waals surface area (Å²) in [7, 11) is 0. The number of hydrogen-bond donors (Lipinski definition) is 0. The number of allylic oxidation sites excluding steroid dienone is 2. The molecule has 3 rings (SSSR count). The first-order valence-corrected chi connectivity index (χ1v) is 17.8. The number of aryl methyl sites for hydroxylation is 2. The van der Waals surface area contributed by atoms with Gasteiger partial charge in [0.1, 0.15) is 0 Å². The maximum atomic E-state index is 12.0. The van der Waals surface area contributed by atoms with Crippen molar-refractivity contribution in [2.45, 2.75) is 156 Å². The molecule has 0 spiro atoms. The van der Waals surface area contributed by atoms with Crippen molar-refractivity contribution < 1.29 is 25.1 Å². The van der Waals surface area contributed by atoms with E-state index in [0.29, 0.717) is 0 Å². The summed E-state index contributed by atoms with van der Waals surface area (Å²) in [5.74, 6) is 0. The molecule has 0 amide bonds. The quantitative estimate of drug-likeness (QED) is 0.0675. The first-order chi connectivity index (χ1) is 20.6. The van der Waals surface area contributed by atoms with E-state index in [-0.39, 0.29) is 20.4 Å². The third-order valence-electron chi connectivity index (χ3n) is 9.01. The van der Waals surface area contributed by atoms with Crippen LogP contribution in [-0.2, 0) is 33.3 Å². The van der Waals surface area contributed by atoms with Crippen molar-refractivity contribution in [1.29, 1.82) is 0 Å². The molecule has 1 aliphatic heterocycles. The standard InChI is InChI=1S/C40H60N2.Pd/c1-5-9-13-17-21-33-25-29-35(30-26-33)39-37(23-19-15-11-7-3)38(24-20-16-12-8-4)40(42(39)41)36-31-27-34(28-32-36)22-18-14-10-6-2;/h25-32H,5-24H2,1-4H3;. The van der Waals surface area contributed by atoms with Crippen molar-refractivity contribution >= 4 is 11.4 Å². The second-order valence-corrected chi connectivity index (χ2v) is 12.6. The largest absolute Gasteiger partial charge is 0.493 e. The van der Waals surface area contributed by atoms with E-state index in [9.17, 15) is 5.53 Å². The van der Waals surface area contributed by atoms with Crippen LogP contribution < -0.4 is 0 Å². The van der Waals surface area contributed by atoms with Crippen LogP contribution in [0.4, 0.5) is 0 Å². The molecule has 2 aromatic rings. The fourth-order valence-corrected chi connectivity index (χ4v) is 6.41. The Balaban J connectivity index is 0.00000645. The minimum atomic E-state index is 0. The zero-order valence-electron chi connectivity index (χ0n) is 28.0. The average Bonchev–Trinajstić information content (AvgIpc) is 3.29. The van der Waals surface area contributed by atoms with Gasteiger partial charge in [-0.3, -0.25) is 0 Å². The summed E-state index contributed by atoms with van der Waals surface area (Å²) in [5.41, 5.74) is 21.9. The van der Waals surface area contributed by atoms with Gasteiger partial charge in [-0.1, -0.05) is 129 Å². The van der Waals surface area contributed by atoms with Crippen molar-refractivity contribution in [3.05, 3.63) is 87.5 Å². The van der Waals surface area contributed by atoms with Crippen LogP contribution in [0, 0.1) is 0 Å². The predicted octanol–water partition coefficient (Wildman–Crippen LogP) is 13.0. The van der Waals surface area contributed by atoms with Crippen LogP contribution in [0.3, 0.4) is 0 Å². The second kappa shape index (κ2) is 21.8. The Bertz CT molecular complexity index is 1030. The Morgan fingerprint density at radius 1 is 0.419 bits per heavy atom. The second-order valence-electron chi connectivity index (χ2n) is 12.6. The summed E-state index contributed by atoms with van der Waals surface area (Å²) in [5, 5.41) is 0. The number of unbranched alkanes of at least 4 members (excludes halogenated alkanes) is 12. The predicted molar refractivity (Wildman–Crippen MR) is 184 cm³/mol. The molecule has 0 saturated heterocycles. The molecule has 0 N–H and O–H groups in total. The third kappa shape index (κ3) is 11.9. The van der Waals surface area contributed by atoms with Crippen LogP contribution in [0.2, 0.25) is 0 Å². The van der Waals surface area contributed by atoms with E-state index in [1.165, 1.54) is 125 Å². The molecule has 2 nitrogen and oxygen atoms in total. The van der Waals surface area contributed by atoms with Gasteiger partial charge >= 0.3 is 0 Å². The normalized spacial score (nSPS) is 13.3. The van der Waals surface area contributed by atoms with Crippen LogP contribution in [0.5, 0.6) is 0 Å². The third-order valence-corrected chi connectivity index (χ3v) is 9.01. The fraction of sp³-hybridized carbons (Fsp3) is 0.600. The van der Waals surface area contributed by atoms with Gasteiger partial charge < -0.3 is 5.53 Å². The Labute approximate surface area is 279 Å². The number of benzene rings is 2. The smallest absolute Gasteiger partial charge is 0.211 e. The summed E-state index contributed by atoms with van der Waals surface area (Å²) in [6, 6.07) is 18.2. The average molecular weight is 675 g/mol. The number of hydrogen-bond acceptors (Lipinski definition) is 0. The van der Waals surface area contributed by atoms with Crippen LogP contribution in [0.15, 0.2) is 59.7 Å². The topological polar surface area (TPSA) is 25.3 Å². The zero-order chi connectivity index (χ0) is 30.0. The summed E-state index contributed by atoms with van der Waals surface area (Å²) in [6.07, 6.45) is 24.6. The summed E-state index contributed by atoms with van der Waals surface area (Å²) in [6.45, 7) is 9.11. The van der Waals surface area contributed by atoms with Gasteiger partial charge in [-0.25, -0.2) is 4.70 Å². The molecule has 3 heteroatoms. The summed E-state index contributed by atoms with van der Waals surface area (Å²) >= 11 is 0. The minimum absolute atomic E-state index is 0. The molecule has 0 bridgehead atoms. The van der Waals surface area contributed by atoms with Crippen LogP contribution >= 0.6 is 0 Å². The molecule has 2 aromatic carbocycles. The van der Waals surface area contributed by atoms with E-state index in [4.69, 9.17) is 0 Å². The Kier molecular flexibility index (Phi) is 19.0. The van der Waals surface area contributed by atoms with E-state index in [1.54, 1.807) is 4.70 Å². The first kappa shape index (κ1) is 37.4. The molecular weight excluding hydrogens is 615 g/mol. The van der Waals surface area contributed by atoms with Gasteiger partial charge in [0.05, 0.1) is 0 Å². The van der Waals surface area contributed by atoms with Crippen LogP contribution in [0.1, 0.15) is 166 Å². The van der Waals surface area contributed by atoms with E-state index in [1.807, 2.05) is 0 Å². The molecule has 0 saturated carbocycles. The maximum absolute atomic E-state index is 12.0. The fourth-order valence-electron chi connectivity index (χ4n) is 6.41. The van der Waals surface area contributed by atoms with E-state index >= 15 is 0 Å². The molecule has 0 aromatic heterocycles. The molecule has 1 aliphatic rings. The molecule has 0 aliphatic carbocycles. The Morgan fingerprint density at radius 3 is 1.02 bits per heavy atom. The molecule has 0 fully saturated rings. The number of nitrogens with zero attached hydrogens (tertiary/aromatic N) is 2. The zero-order valence-corrected chi connectivity index (χ0v) is 29.5. The molecule has 43 heavy (non-hydrogen) atoms. The van der Waals surface area contributed by atoms with Gasteiger partial charge in [0.15, 0.2) is 0 Å². The Morgan fingerprint density at radius 2 is 0.721 bits per heavy atom. The number of rotatable bonds is 22. The summed E-state index contributed by atoms with van der Waals surface area (Å²) < 4.78 is 1.57. The summed E-state index contributed by atoms with van der Waals surface area (Å²) in [4.78, 5) is 0. The van der Waals surface area contributed by atoms with Gasteiger partial charge in [0, 0.05) is 42.7 Å². The van der Waals surface area contributed by atoms with Gasteiger partial charge in [-0.05, 0) is 86.8 Å². The van der Waals surface area contributed by atoms with Crippen molar-refractivity contribution in [1.82, 2.24) is 0 Å². The van der Waals surface area contributed by atoms with Crippen molar-refractivity contribution in [3.8, 4) is 0 Å². The Hall–Kier alpha value is -1.82.